The molecule has 4 aromatic rings. The minimum Gasteiger partial charge on any atom is -0.481 e. The van der Waals surface area contributed by atoms with Gasteiger partial charge in [-0.1, -0.05) is 54.0 Å². The van der Waals surface area contributed by atoms with Crippen molar-refractivity contribution < 1.29 is 14.5 Å². The summed E-state index contributed by atoms with van der Waals surface area (Å²) < 4.78 is 3.32. The maximum absolute atomic E-state index is 11.9. The Morgan fingerprint density at radius 1 is 1.09 bits per heavy atom. The molecule has 34 heavy (non-hydrogen) atoms. The van der Waals surface area contributed by atoms with Gasteiger partial charge in [0, 0.05) is 16.4 Å². The molecule has 5 nitrogen and oxygen atoms in total. The number of nitrogens with one attached hydrogen (secondary N) is 1. The predicted octanol–water partition coefficient (Wildman–Crippen LogP) is 5.58. The monoisotopic (exact) mass is 518 g/mol. The van der Waals surface area contributed by atoms with Gasteiger partial charge >= 0.3 is 5.97 Å². The van der Waals surface area contributed by atoms with E-state index in [0.29, 0.717) is 6.54 Å². The lowest BCUT2D eigenvalue weighted by molar-refractivity contribution is -0.670. The number of rotatable bonds is 7. The number of hydrogen-bond acceptors (Lipinski definition) is 2. The number of aliphatic carboxylic acids is 1. The normalized spacial score (nSPS) is 18.8. The zero-order valence-corrected chi connectivity index (χ0v) is 21.3. The number of H-pyrrole nitrogens is 1. The molecule has 2 aromatic heterocycles. The Labute approximate surface area is 208 Å². The number of carboxylic acids is 1. The van der Waals surface area contributed by atoms with Crippen LogP contribution in [0.5, 0.6) is 0 Å². The lowest BCUT2D eigenvalue weighted by Crippen LogP contribution is -2.38. The Morgan fingerprint density at radius 3 is 2.47 bits per heavy atom. The van der Waals surface area contributed by atoms with Crippen LogP contribution in [0.4, 0.5) is 0 Å². The number of pyridine rings is 1. The van der Waals surface area contributed by atoms with E-state index in [4.69, 9.17) is 0 Å². The van der Waals surface area contributed by atoms with Gasteiger partial charge in [0.1, 0.15) is 6.54 Å². The van der Waals surface area contributed by atoms with Crippen LogP contribution in [-0.4, -0.2) is 21.0 Å². The van der Waals surface area contributed by atoms with Crippen molar-refractivity contribution >= 4 is 32.9 Å². The molecule has 1 aliphatic carbocycles. The summed E-state index contributed by atoms with van der Waals surface area (Å²) in [7, 11) is 0. The second-order valence-corrected chi connectivity index (χ2v) is 10.9. The van der Waals surface area contributed by atoms with Gasteiger partial charge in [-0.2, -0.15) is 0 Å². The van der Waals surface area contributed by atoms with Crippen molar-refractivity contribution in [2.24, 2.45) is 11.3 Å². The number of fused-ring (bicyclic) bond motifs is 1. The number of hydrogen-bond donors (Lipinski definition) is 2. The van der Waals surface area contributed by atoms with Crippen molar-refractivity contribution in [1.29, 1.82) is 0 Å². The Hall–Kier alpha value is -2.99. The van der Waals surface area contributed by atoms with Crippen molar-refractivity contribution in [3.05, 3.63) is 93.5 Å². The molecule has 2 heterocycles. The van der Waals surface area contributed by atoms with Gasteiger partial charge in [-0.3, -0.25) is 9.78 Å². The molecule has 0 saturated heterocycles. The van der Waals surface area contributed by atoms with Crippen molar-refractivity contribution in [2.75, 3.05) is 0 Å². The number of aromatic nitrogens is 3. The molecule has 0 radical (unpaired) electrons. The minimum atomic E-state index is -0.727. The number of carboxylic acid groups (broad SMARTS) is 1. The maximum atomic E-state index is 11.9. The first-order valence-electron chi connectivity index (χ1n) is 11.7. The highest BCUT2D eigenvalue weighted by molar-refractivity contribution is 9.10. The van der Waals surface area contributed by atoms with Crippen molar-refractivity contribution in [3.63, 3.8) is 0 Å². The van der Waals surface area contributed by atoms with Crippen LogP contribution in [0.2, 0.25) is 0 Å². The van der Waals surface area contributed by atoms with E-state index in [2.05, 4.69) is 79.9 Å². The fourth-order valence-corrected chi connectivity index (χ4v) is 5.38. The van der Waals surface area contributed by atoms with Crippen LogP contribution in [0.1, 0.15) is 48.0 Å². The molecule has 6 heteroatoms. The molecule has 1 saturated carbocycles. The summed E-state index contributed by atoms with van der Waals surface area (Å²) in [5, 5.41) is 9.81. The number of aryl methyl sites for hydroxylation is 3. The van der Waals surface area contributed by atoms with Gasteiger partial charge in [0.05, 0.1) is 11.8 Å². The van der Waals surface area contributed by atoms with Crippen molar-refractivity contribution in [3.8, 4) is 0 Å². The standard InChI is InChI=1S/C28H28BrN3O2/c1-17-4-11-21(30-15-17)12-7-18-8-13-22-23(14-18)32(16-19-5-9-20(29)10-6-19)26(31-22)24-25(27(33)34)28(24,2)3/h4-6,8-11,13-15,24-25H,7,12,16H2,1-3H3,(H,33,34)/p+1/t24?,25-/m0/s1. The number of aromatic amines is 1. The molecule has 1 fully saturated rings. The molecule has 0 aliphatic heterocycles. The Kier molecular flexibility index (Phi) is 5.80. The smallest absolute Gasteiger partial charge is 0.308 e. The van der Waals surface area contributed by atoms with Gasteiger partial charge in [0.15, 0.2) is 11.0 Å². The van der Waals surface area contributed by atoms with E-state index in [1.165, 1.54) is 16.7 Å². The Balaban J connectivity index is 1.52. The van der Waals surface area contributed by atoms with E-state index >= 15 is 0 Å². The van der Waals surface area contributed by atoms with Gasteiger partial charge in [-0.05, 0) is 72.2 Å². The number of imidazole rings is 1. The average molecular weight is 519 g/mol. The zero-order chi connectivity index (χ0) is 24.0. The third-order valence-corrected chi connectivity index (χ3v) is 7.72. The number of nitrogens with zero attached hydrogens (tertiary/aromatic N) is 2. The van der Waals surface area contributed by atoms with Crippen LogP contribution >= 0.6 is 15.9 Å². The number of benzene rings is 2. The zero-order valence-electron chi connectivity index (χ0n) is 19.7. The van der Waals surface area contributed by atoms with E-state index in [-0.39, 0.29) is 17.3 Å². The lowest BCUT2D eigenvalue weighted by atomic mass is 10.1. The van der Waals surface area contributed by atoms with Crippen molar-refractivity contribution in [2.45, 2.75) is 46.1 Å². The molecule has 1 unspecified atom stereocenters. The van der Waals surface area contributed by atoms with Crippen LogP contribution in [-0.2, 0) is 24.2 Å². The van der Waals surface area contributed by atoms with Gasteiger partial charge in [0.2, 0.25) is 0 Å². The fraction of sp³-hybridized carbons (Fsp3) is 0.321. The van der Waals surface area contributed by atoms with E-state index < -0.39 is 5.97 Å². The van der Waals surface area contributed by atoms with Gasteiger partial charge < -0.3 is 5.11 Å². The Bertz CT molecular complexity index is 1360. The molecular weight excluding hydrogens is 490 g/mol. The van der Waals surface area contributed by atoms with Crippen molar-refractivity contribution in [1.82, 2.24) is 9.97 Å². The third kappa shape index (κ3) is 4.27. The van der Waals surface area contributed by atoms with Gasteiger partial charge in [0.25, 0.3) is 5.82 Å². The highest BCUT2D eigenvalue weighted by Crippen LogP contribution is 2.63. The second kappa shape index (κ2) is 8.66. The summed E-state index contributed by atoms with van der Waals surface area (Å²) in [6, 6.07) is 19.0. The predicted molar refractivity (Wildman–Crippen MR) is 136 cm³/mol. The molecule has 5 rings (SSSR count). The van der Waals surface area contributed by atoms with E-state index in [9.17, 15) is 9.90 Å². The molecule has 1 aliphatic rings. The minimum absolute atomic E-state index is 0.0481. The number of halogens is 1. The van der Waals surface area contributed by atoms with Crippen LogP contribution < -0.4 is 4.57 Å². The number of carbonyl (C=O) groups is 1. The molecule has 2 N–H and O–H groups in total. The van der Waals surface area contributed by atoms with Crippen LogP contribution in [0, 0.1) is 18.3 Å². The molecule has 174 valence electrons. The van der Waals surface area contributed by atoms with Crippen LogP contribution in [0.3, 0.4) is 0 Å². The van der Waals surface area contributed by atoms with Crippen LogP contribution in [0.15, 0.2) is 65.3 Å². The maximum Gasteiger partial charge on any atom is 0.308 e. The first-order chi connectivity index (χ1) is 16.2. The van der Waals surface area contributed by atoms with Gasteiger partial charge in [-0.25, -0.2) is 9.55 Å². The third-order valence-electron chi connectivity index (χ3n) is 7.19. The topological polar surface area (TPSA) is 69.9 Å². The molecule has 0 spiro atoms. The van der Waals surface area contributed by atoms with E-state index in [0.717, 1.165) is 39.9 Å². The van der Waals surface area contributed by atoms with E-state index in [1.54, 1.807) is 0 Å². The second-order valence-electron chi connectivity index (χ2n) is 10.0. The first kappa shape index (κ1) is 22.8. The summed E-state index contributed by atoms with van der Waals surface area (Å²) in [4.78, 5) is 20.1. The molecular formula is C28H29BrN3O2+. The molecule has 0 amide bonds. The summed E-state index contributed by atoms with van der Waals surface area (Å²) in [6.45, 7) is 6.83. The summed E-state index contributed by atoms with van der Waals surface area (Å²) in [5.74, 6) is -0.167. The van der Waals surface area contributed by atoms with Gasteiger partial charge in [-0.15, -0.1) is 0 Å². The van der Waals surface area contributed by atoms with E-state index in [1.807, 2.05) is 32.2 Å². The highest BCUT2D eigenvalue weighted by Gasteiger charge is 2.67. The molecule has 2 atom stereocenters. The molecule has 2 aromatic carbocycles. The summed E-state index contributed by atoms with van der Waals surface area (Å²) in [5.41, 5.74) is 6.54. The summed E-state index contributed by atoms with van der Waals surface area (Å²) in [6.07, 6.45) is 3.70. The van der Waals surface area contributed by atoms with Crippen LogP contribution in [0.25, 0.3) is 11.0 Å². The largest absolute Gasteiger partial charge is 0.481 e. The average Bonchev–Trinajstić information content (AvgIpc) is 3.22. The molecule has 0 bridgehead atoms. The fourth-order valence-electron chi connectivity index (χ4n) is 5.11. The Morgan fingerprint density at radius 2 is 1.82 bits per heavy atom. The first-order valence-corrected chi connectivity index (χ1v) is 12.5. The SMILES string of the molecule is Cc1ccc(CCc2ccc3[nH]c(C4[C@@H](C(=O)O)C4(C)C)[n+](Cc4ccc(Br)cc4)c3c2)nc1. The summed E-state index contributed by atoms with van der Waals surface area (Å²) >= 11 is 3.52. The highest BCUT2D eigenvalue weighted by atomic mass is 79.9. The quantitative estimate of drug-likeness (QED) is 0.314. The lowest BCUT2D eigenvalue weighted by Gasteiger charge is -2.06.